The van der Waals surface area contributed by atoms with Crippen molar-refractivity contribution in [2.24, 2.45) is 5.41 Å². The van der Waals surface area contributed by atoms with E-state index in [4.69, 9.17) is 31.0 Å². The molecule has 20 nitrogen and oxygen atoms in total. The molecule has 0 aliphatic carbocycles. The molecular weight excluding hydrogens is 1120 g/mol. The molecular formula is C61H74ClFN12O8S. The van der Waals surface area contributed by atoms with Crippen LogP contribution in [0.2, 0.25) is 5.02 Å². The molecule has 5 unspecified atom stereocenters. The maximum Gasteiger partial charge on any atom is 0.318 e. The summed E-state index contributed by atoms with van der Waals surface area (Å²) in [5.74, 6) is -2.65. The number of nitrogens with zero attached hydrogens (tertiary/aromatic N) is 9. The molecule has 3 aromatic carbocycles. The fourth-order valence-electron chi connectivity index (χ4n) is 11.6. The number of aryl methyl sites for hydroxylation is 1. The second-order valence-corrected chi connectivity index (χ2v) is 24.2. The lowest BCUT2D eigenvalue weighted by Gasteiger charge is -2.42. The lowest BCUT2D eigenvalue weighted by Crippen LogP contribution is -2.57. The molecule has 0 spiro atoms. The minimum Gasteiger partial charge on any atom is -0.462 e. The maximum atomic E-state index is 14.1. The van der Waals surface area contributed by atoms with Gasteiger partial charge in [-0.3, -0.25) is 28.9 Å². The summed E-state index contributed by atoms with van der Waals surface area (Å²) in [6.45, 7) is 14.7. The van der Waals surface area contributed by atoms with E-state index in [0.717, 1.165) is 68.8 Å². The van der Waals surface area contributed by atoms with Crippen LogP contribution in [0.3, 0.4) is 0 Å². The number of hydrogen-bond acceptors (Lipinski definition) is 16. The number of ether oxygens (including phenoxy) is 2. The van der Waals surface area contributed by atoms with Crippen LogP contribution in [-0.4, -0.2) is 167 Å². The molecule has 0 saturated carbocycles. The highest BCUT2D eigenvalue weighted by molar-refractivity contribution is 7.13. The molecule has 6 heterocycles. The zero-order valence-corrected chi connectivity index (χ0v) is 49.7. The van der Waals surface area contributed by atoms with E-state index in [2.05, 4.69) is 49.4 Å². The normalized spacial score (nSPS) is 19.4. The number of aliphatic hydroxyl groups is 1. The smallest absolute Gasteiger partial charge is 0.318 e. The van der Waals surface area contributed by atoms with Crippen LogP contribution in [0.15, 0.2) is 78.6 Å². The zero-order chi connectivity index (χ0) is 59.7. The number of thiazole rings is 1. The summed E-state index contributed by atoms with van der Waals surface area (Å²) in [4.78, 5) is 91.5. The van der Waals surface area contributed by atoms with Gasteiger partial charge in [0.05, 0.1) is 71.2 Å². The number of anilines is 2. The number of amides is 5. The van der Waals surface area contributed by atoms with Gasteiger partial charge in [0.1, 0.15) is 24.5 Å². The van der Waals surface area contributed by atoms with Gasteiger partial charge in [0, 0.05) is 94.3 Å². The number of nitriles is 1. The second kappa shape index (κ2) is 27.6. The first-order valence-electron chi connectivity index (χ1n) is 28.7. The average Bonchev–Trinajstić information content (AvgIpc) is 2.38. The van der Waals surface area contributed by atoms with Crippen LogP contribution in [-0.2, 0) is 48.2 Å². The van der Waals surface area contributed by atoms with E-state index in [1.807, 2.05) is 87.2 Å². The molecule has 84 heavy (non-hydrogen) atoms. The van der Waals surface area contributed by atoms with Gasteiger partial charge in [-0.15, -0.1) is 11.3 Å². The van der Waals surface area contributed by atoms with E-state index in [9.17, 15) is 38.7 Å². The van der Waals surface area contributed by atoms with E-state index in [0.29, 0.717) is 43.4 Å². The van der Waals surface area contributed by atoms with Crippen LogP contribution in [0.5, 0.6) is 6.01 Å². The van der Waals surface area contributed by atoms with Crippen molar-refractivity contribution < 1.29 is 42.9 Å². The summed E-state index contributed by atoms with van der Waals surface area (Å²) in [6.07, 6.45) is 1.73. The van der Waals surface area contributed by atoms with E-state index in [1.54, 1.807) is 16.8 Å². The van der Waals surface area contributed by atoms with Gasteiger partial charge < -0.3 is 50.1 Å². The predicted molar refractivity (Wildman–Crippen MR) is 319 cm³/mol. The molecule has 4 aliphatic rings. The van der Waals surface area contributed by atoms with Crippen molar-refractivity contribution in [2.75, 3.05) is 82.0 Å². The molecule has 5 atom stereocenters. The summed E-state index contributed by atoms with van der Waals surface area (Å²) in [5.41, 5.74) is 6.64. The van der Waals surface area contributed by atoms with Crippen LogP contribution < -0.4 is 30.5 Å². The molecule has 9 rings (SSSR count). The largest absolute Gasteiger partial charge is 0.462 e. The third-order valence-corrected chi connectivity index (χ3v) is 17.4. The highest BCUT2D eigenvalue weighted by Crippen LogP contribution is 2.38. The van der Waals surface area contributed by atoms with Gasteiger partial charge in [-0.25, -0.2) is 9.37 Å². The number of carbonyl (C=O) groups is 5. The summed E-state index contributed by atoms with van der Waals surface area (Å²) in [6, 6.07) is 19.6. The van der Waals surface area contributed by atoms with Gasteiger partial charge in [0.15, 0.2) is 5.83 Å². The second-order valence-electron chi connectivity index (χ2n) is 23.0. The first kappa shape index (κ1) is 61.3. The van der Waals surface area contributed by atoms with E-state index in [1.165, 1.54) is 9.80 Å². The first-order chi connectivity index (χ1) is 40.4. The Morgan fingerprint density at radius 2 is 1.73 bits per heavy atom. The fraction of sp³-hybridized carbons (Fsp3) is 0.492. The molecule has 2 aromatic heterocycles. The predicted octanol–water partition coefficient (Wildman–Crippen LogP) is 6.26. The number of aromatic nitrogens is 3. The number of likely N-dealkylation sites (tertiary alicyclic amines) is 2. The summed E-state index contributed by atoms with van der Waals surface area (Å²) in [5, 5.41) is 31.7. The van der Waals surface area contributed by atoms with Gasteiger partial charge in [-0.1, -0.05) is 87.5 Å². The van der Waals surface area contributed by atoms with Crippen molar-refractivity contribution in [3.05, 3.63) is 106 Å². The Balaban J connectivity index is 0.735. The molecule has 0 radical (unpaired) electrons. The third kappa shape index (κ3) is 14.8. The SMILES string of the molecule is C=C(F)C(=O)N1CCN(c2nc(OCC3CCCN3CCC(=O)NCCOCCC(=O)NC(C(=O)N3CC(O)CC3C(=O)NCc3ccc(-c4scnc4C)cc3)C(C)(C)C)nc3c2CCN(c2cccc4cccc(Cl)c24)C3)CC1CC#N. The first-order valence-corrected chi connectivity index (χ1v) is 30.0. The van der Waals surface area contributed by atoms with Crippen molar-refractivity contribution in [3.8, 4) is 22.5 Å². The van der Waals surface area contributed by atoms with Crippen molar-refractivity contribution in [2.45, 2.75) is 116 Å². The molecule has 3 saturated heterocycles. The van der Waals surface area contributed by atoms with Crippen LogP contribution in [0.25, 0.3) is 21.2 Å². The Kier molecular flexibility index (Phi) is 20.1. The van der Waals surface area contributed by atoms with E-state index >= 15 is 0 Å². The lowest BCUT2D eigenvalue weighted by molar-refractivity contribution is -0.144. The van der Waals surface area contributed by atoms with Crippen molar-refractivity contribution in [3.63, 3.8) is 0 Å². The zero-order valence-electron chi connectivity index (χ0n) is 48.1. The number of carbonyl (C=O) groups excluding carboxylic acids is 5. The minimum atomic E-state index is -1.07. The summed E-state index contributed by atoms with van der Waals surface area (Å²) >= 11 is 8.35. The Labute approximate surface area is 498 Å². The number of hydrogen-bond donors (Lipinski definition) is 4. The molecule has 5 amide bonds. The van der Waals surface area contributed by atoms with Gasteiger partial charge in [-0.05, 0) is 66.8 Å². The number of piperazine rings is 1. The summed E-state index contributed by atoms with van der Waals surface area (Å²) in [7, 11) is 0. The van der Waals surface area contributed by atoms with Crippen LogP contribution >= 0.6 is 22.9 Å². The standard InChI is InChI=1S/C61H74ClFN12O8S/c1-38(63)58(80)74-28-27-73(33-43(74)18-22-64)56-46-19-25-72(49-13-7-10-41-9-6-12-47(62)53(41)49)35-48(46)68-60(70-56)83-36-44-11-8-24-71(44)26-20-51(77)65-23-30-82-29-21-52(78)69-55(61(3,4)5)59(81)75-34-45(76)31-50(75)57(79)66-32-40-14-16-42(17-15-40)54-39(2)67-37-84-54/h6-7,9-10,12-17,37,43-45,50,55,76H,1,8,11,18-21,23-36H2,2-5H3,(H,65,77)(H,66,79)(H,69,78). The molecule has 4 aliphatic heterocycles. The highest BCUT2D eigenvalue weighted by Gasteiger charge is 2.45. The number of β-amino-alcohol motifs (C(OH)–C–C–N with tert-alkyl or cyclic N) is 1. The maximum absolute atomic E-state index is 14.1. The molecule has 3 fully saturated rings. The van der Waals surface area contributed by atoms with Gasteiger partial charge in [0.25, 0.3) is 5.91 Å². The monoisotopic (exact) mass is 1190 g/mol. The van der Waals surface area contributed by atoms with Gasteiger partial charge >= 0.3 is 6.01 Å². The van der Waals surface area contributed by atoms with Gasteiger partial charge in [0.2, 0.25) is 23.6 Å². The fourth-order valence-corrected chi connectivity index (χ4v) is 12.7. The number of benzene rings is 3. The Hall–Kier alpha value is -7.29. The number of aliphatic hydroxyl groups excluding tert-OH is 1. The topological polar surface area (TPSA) is 239 Å². The van der Waals surface area contributed by atoms with Crippen molar-refractivity contribution in [1.29, 1.82) is 5.26 Å². The quantitative estimate of drug-likeness (QED) is 0.0442. The number of rotatable bonds is 22. The molecule has 5 aromatic rings. The minimum absolute atomic E-state index is 0.00274. The lowest BCUT2D eigenvalue weighted by atomic mass is 9.85. The van der Waals surface area contributed by atoms with Crippen LogP contribution in [0.4, 0.5) is 15.9 Å². The number of fused-ring (bicyclic) bond motifs is 2. The third-order valence-electron chi connectivity index (χ3n) is 16.1. The van der Waals surface area contributed by atoms with Gasteiger partial charge in [-0.2, -0.15) is 15.2 Å². The Morgan fingerprint density at radius 3 is 2.46 bits per heavy atom. The molecule has 0 bridgehead atoms. The van der Waals surface area contributed by atoms with Crippen LogP contribution in [0, 0.1) is 23.7 Å². The Bertz CT molecular complexity index is 3260. The highest BCUT2D eigenvalue weighted by atomic mass is 35.5. The van der Waals surface area contributed by atoms with E-state index < -0.39 is 53.2 Å². The molecule has 446 valence electrons. The molecule has 23 heteroatoms. The summed E-state index contributed by atoms with van der Waals surface area (Å²) < 4.78 is 26.3. The van der Waals surface area contributed by atoms with E-state index in [-0.39, 0.29) is 102 Å². The number of nitrogens with one attached hydrogen (secondary N) is 3. The van der Waals surface area contributed by atoms with Crippen molar-refractivity contribution in [1.82, 2.24) is 45.6 Å². The molecule has 4 N–H and O–H groups in total. The average molecular weight is 1190 g/mol. The van der Waals surface area contributed by atoms with Crippen molar-refractivity contribution >= 4 is 74.8 Å². The Morgan fingerprint density at radius 1 is 0.940 bits per heavy atom. The number of halogens is 2. The van der Waals surface area contributed by atoms with Crippen LogP contribution in [0.1, 0.15) is 81.8 Å².